The van der Waals surface area contributed by atoms with Crippen LogP contribution in [-0.4, -0.2) is 44.7 Å². The molecule has 4 nitrogen and oxygen atoms in total. The Balaban J connectivity index is 2.17. The van der Waals surface area contributed by atoms with Gasteiger partial charge in [-0.1, -0.05) is 22.9 Å². The number of anilines is 1. The maximum absolute atomic E-state index is 12.0. The third kappa shape index (κ3) is 3.18. The van der Waals surface area contributed by atoms with E-state index in [-0.39, 0.29) is 0 Å². The van der Waals surface area contributed by atoms with E-state index < -0.39 is 10.0 Å². The van der Waals surface area contributed by atoms with E-state index in [4.69, 9.17) is 0 Å². The number of halogens is 1. The van der Waals surface area contributed by atoms with Crippen molar-refractivity contribution < 1.29 is 8.42 Å². The Bertz CT molecular complexity index is 557. The summed E-state index contributed by atoms with van der Waals surface area (Å²) in [7, 11) is -0.246. The minimum Gasteiger partial charge on any atom is -0.370 e. The second kappa shape index (κ2) is 6.03. The molecule has 1 fully saturated rings. The zero-order chi connectivity index (χ0) is 14.9. The molecule has 0 spiro atoms. The van der Waals surface area contributed by atoms with Crippen LogP contribution in [0.3, 0.4) is 0 Å². The third-order valence-electron chi connectivity index (χ3n) is 3.85. The van der Waals surface area contributed by atoms with Crippen molar-refractivity contribution in [1.82, 2.24) is 4.31 Å². The lowest BCUT2D eigenvalue weighted by atomic mass is 9.98. The van der Waals surface area contributed by atoms with Crippen LogP contribution in [0.2, 0.25) is 0 Å². The molecule has 1 aliphatic heterocycles. The zero-order valence-electron chi connectivity index (χ0n) is 12.1. The molecule has 0 amide bonds. The van der Waals surface area contributed by atoms with Gasteiger partial charge in [-0.25, -0.2) is 12.7 Å². The van der Waals surface area contributed by atoms with Crippen molar-refractivity contribution >= 4 is 31.6 Å². The second-order valence-electron chi connectivity index (χ2n) is 5.51. The molecule has 1 aromatic rings. The summed E-state index contributed by atoms with van der Waals surface area (Å²) < 4.78 is 25.3. The summed E-state index contributed by atoms with van der Waals surface area (Å²) in [6.45, 7) is 4.23. The van der Waals surface area contributed by atoms with Crippen molar-refractivity contribution in [1.29, 1.82) is 0 Å². The van der Waals surface area contributed by atoms with Crippen molar-refractivity contribution in [3.8, 4) is 0 Å². The van der Waals surface area contributed by atoms with E-state index in [1.165, 1.54) is 4.31 Å². The number of sulfonamides is 1. The summed E-state index contributed by atoms with van der Waals surface area (Å²) in [5, 5.41) is 0. The van der Waals surface area contributed by atoms with E-state index >= 15 is 0 Å². The van der Waals surface area contributed by atoms with Crippen molar-refractivity contribution in [2.45, 2.75) is 23.1 Å². The summed E-state index contributed by atoms with van der Waals surface area (Å²) in [5.41, 5.74) is 1.08. The zero-order valence-corrected chi connectivity index (χ0v) is 14.5. The van der Waals surface area contributed by atoms with Crippen LogP contribution in [0.4, 0.5) is 5.69 Å². The number of alkyl halides is 1. The lowest BCUT2D eigenvalue weighted by Crippen LogP contribution is -2.40. The Morgan fingerprint density at radius 1 is 1.25 bits per heavy atom. The van der Waals surface area contributed by atoms with Crippen LogP contribution >= 0.6 is 15.9 Å². The van der Waals surface area contributed by atoms with Crippen molar-refractivity contribution in [3.05, 3.63) is 24.3 Å². The van der Waals surface area contributed by atoms with E-state index in [2.05, 4.69) is 27.8 Å². The Morgan fingerprint density at radius 3 is 2.35 bits per heavy atom. The number of benzene rings is 1. The Hall–Kier alpha value is -0.590. The van der Waals surface area contributed by atoms with Crippen molar-refractivity contribution in [2.75, 3.05) is 32.1 Å². The monoisotopic (exact) mass is 360 g/mol. The molecule has 1 aromatic carbocycles. The number of nitrogens with zero attached hydrogens (tertiary/aromatic N) is 2. The predicted molar refractivity (Wildman–Crippen MR) is 86.0 cm³/mol. The van der Waals surface area contributed by atoms with E-state index in [1.54, 1.807) is 26.2 Å². The third-order valence-corrected chi connectivity index (χ3v) is 6.87. The fourth-order valence-corrected chi connectivity index (χ4v) is 3.81. The van der Waals surface area contributed by atoms with Gasteiger partial charge >= 0.3 is 0 Å². The number of rotatable bonds is 3. The quantitative estimate of drug-likeness (QED) is 0.777. The predicted octanol–water partition coefficient (Wildman–Crippen LogP) is 2.55. The molecule has 0 bridgehead atoms. The first kappa shape index (κ1) is 15.8. The van der Waals surface area contributed by atoms with Gasteiger partial charge in [0.15, 0.2) is 0 Å². The normalized spacial score (nSPS) is 24.1. The van der Waals surface area contributed by atoms with Gasteiger partial charge in [0.25, 0.3) is 0 Å². The largest absolute Gasteiger partial charge is 0.370 e. The first-order valence-electron chi connectivity index (χ1n) is 6.74. The van der Waals surface area contributed by atoms with E-state index in [0.717, 1.165) is 25.2 Å². The van der Waals surface area contributed by atoms with Crippen LogP contribution in [0.5, 0.6) is 0 Å². The maximum atomic E-state index is 12.0. The van der Waals surface area contributed by atoms with Gasteiger partial charge < -0.3 is 4.90 Å². The first-order chi connectivity index (χ1) is 9.32. The van der Waals surface area contributed by atoms with Gasteiger partial charge in [-0.2, -0.15) is 0 Å². The van der Waals surface area contributed by atoms with Crippen LogP contribution in [0.15, 0.2) is 29.2 Å². The van der Waals surface area contributed by atoms with Crippen LogP contribution in [0, 0.1) is 5.92 Å². The Labute approximate surface area is 129 Å². The highest BCUT2D eigenvalue weighted by Gasteiger charge is 2.24. The van der Waals surface area contributed by atoms with E-state index in [1.807, 2.05) is 12.1 Å². The highest BCUT2D eigenvalue weighted by atomic mass is 79.9. The summed E-state index contributed by atoms with van der Waals surface area (Å²) in [5.74, 6) is 0.680. The molecule has 0 saturated carbocycles. The molecule has 1 saturated heterocycles. The summed E-state index contributed by atoms with van der Waals surface area (Å²) >= 11 is 3.71. The molecule has 1 aliphatic rings. The average Bonchev–Trinajstić information content (AvgIpc) is 2.42. The van der Waals surface area contributed by atoms with Gasteiger partial charge in [0.1, 0.15) is 0 Å². The number of hydrogen-bond donors (Lipinski definition) is 0. The van der Waals surface area contributed by atoms with Gasteiger partial charge in [-0.15, -0.1) is 0 Å². The highest BCUT2D eigenvalue weighted by Crippen LogP contribution is 2.28. The number of hydrogen-bond acceptors (Lipinski definition) is 3. The molecule has 2 unspecified atom stereocenters. The molecule has 2 atom stereocenters. The molecule has 0 N–H and O–H groups in total. The molecule has 0 aliphatic carbocycles. The average molecular weight is 361 g/mol. The molecule has 112 valence electrons. The summed E-state index contributed by atoms with van der Waals surface area (Å²) in [6.07, 6.45) is 1.15. The minimum atomic E-state index is -3.34. The van der Waals surface area contributed by atoms with E-state index in [9.17, 15) is 8.42 Å². The second-order valence-corrected chi connectivity index (χ2v) is 8.84. The van der Waals surface area contributed by atoms with Gasteiger partial charge in [0, 0.05) is 37.7 Å². The van der Waals surface area contributed by atoms with Crippen LogP contribution in [-0.2, 0) is 10.0 Å². The smallest absolute Gasteiger partial charge is 0.242 e. The van der Waals surface area contributed by atoms with Gasteiger partial charge in [-0.05, 0) is 36.6 Å². The maximum Gasteiger partial charge on any atom is 0.242 e. The number of piperidine rings is 1. The molecule has 1 heterocycles. The fraction of sp³-hybridized carbons (Fsp3) is 0.571. The first-order valence-corrected chi connectivity index (χ1v) is 9.09. The van der Waals surface area contributed by atoms with E-state index in [0.29, 0.717) is 15.6 Å². The molecular formula is C14H21BrN2O2S. The van der Waals surface area contributed by atoms with Crippen LogP contribution in [0.1, 0.15) is 13.3 Å². The standard InChI is InChI=1S/C14H21BrN2O2S/c1-11-8-9-17(10-14(11)15)12-4-6-13(7-5-12)20(18,19)16(2)3/h4-7,11,14H,8-10H2,1-3H3. The lowest BCUT2D eigenvalue weighted by molar-refractivity contribution is 0.456. The molecule has 0 aromatic heterocycles. The molecule has 20 heavy (non-hydrogen) atoms. The molecule has 0 radical (unpaired) electrons. The van der Waals surface area contributed by atoms with Crippen molar-refractivity contribution in [3.63, 3.8) is 0 Å². The fourth-order valence-electron chi connectivity index (χ4n) is 2.30. The van der Waals surface area contributed by atoms with Crippen molar-refractivity contribution in [2.24, 2.45) is 5.92 Å². The van der Waals surface area contributed by atoms with Crippen LogP contribution in [0.25, 0.3) is 0 Å². The van der Waals surface area contributed by atoms with Gasteiger partial charge in [0.2, 0.25) is 10.0 Å². The van der Waals surface area contributed by atoms with Gasteiger partial charge in [0.05, 0.1) is 4.90 Å². The molecule has 2 rings (SSSR count). The Morgan fingerprint density at radius 2 is 1.85 bits per heavy atom. The topological polar surface area (TPSA) is 40.6 Å². The molecular weight excluding hydrogens is 340 g/mol. The van der Waals surface area contributed by atoms with Crippen LogP contribution < -0.4 is 4.90 Å². The lowest BCUT2D eigenvalue weighted by Gasteiger charge is -2.35. The van der Waals surface area contributed by atoms with Gasteiger partial charge in [-0.3, -0.25) is 0 Å². The SMILES string of the molecule is CC1CCN(c2ccc(S(=O)(=O)N(C)C)cc2)CC1Br. The highest BCUT2D eigenvalue weighted by molar-refractivity contribution is 9.09. The minimum absolute atomic E-state index is 0.340. The summed E-state index contributed by atoms with van der Waals surface area (Å²) in [6, 6.07) is 7.16. The summed E-state index contributed by atoms with van der Waals surface area (Å²) in [4.78, 5) is 3.12. The molecule has 6 heteroatoms. The Kier molecular flexibility index (Phi) is 4.76.